The molecule has 1 aromatic rings. The van der Waals surface area contributed by atoms with Gasteiger partial charge in [0.25, 0.3) is 0 Å². The fourth-order valence-electron chi connectivity index (χ4n) is 3.95. The van der Waals surface area contributed by atoms with Gasteiger partial charge >= 0.3 is 6.09 Å². The van der Waals surface area contributed by atoms with Gasteiger partial charge in [-0.25, -0.2) is 4.79 Å². The first-order valence-electron chi connectivity index (χ1n) is 10.8. The number of piperidine rings is 2. The molecule has 6 heteroatoms. The molecule has 1 atom stereocenters. The second kappa shape index (κ2) is 9.06. The van der Waals surface area contributed by atoms with E-state index in [0.717, 1.165) is 37.5 Å². The summed E-state index contributed by atoms with van der Waals surface area (Å²) in [5.74, 6) is 0.567. The molecule has 2 fully saturated rings. The highest BCUT2D eigenvalue weighted by Crippen LogP contribution is 2.25. The smallest absolute Gasteiger partial charge is 0.410 e. The molecule has 0 bridgehead atoms. The molecule has 2 heterocycles. The summed E-state index contributed by atoms with van der Waals surface area (Å²) in [7, 11) is 0. The van der Waals surface area contributed by atoms with Crippen molar-refractivity contribution >= 4 is 23.4 Å². The normalized spacial score (nSPS) is 21.0. The summed E-state index contributed by atoms with van der Waals surface area (Å²) >= 11 is 0. The van der Waals surface area contributed by atoms with E-state index in [0.29, 0.717) is 13.1 Å². The minimum Gasteiger partial charge on any atom is -0.444 e. The van der Waals surface area contributed by atoms with Crippen molar-refractivity contribution in [3.05, 3.63) is 24.3 Å². The van der Waals surface area contributed by atoms with Gasteiger partial charge in [-0.1, -0.05) is 6.92 Å². The highest BCUT2D eigenvalue weighted by molar-refractivity contribution is 5.93. The van der Waals surface area contributed by atoms with Gasteiger partial charge in [-0.05, 0) is 76.6 Å². The van der Waals surface area contributed by atoms with Crippen LogP contribution in [0.15, 0.2) is 24.3 Å². The molecular formula is C23H35N3O3. The van der Waals surface area contributed by atoms with Crippen molar-refractivity contribution in [2.24, 2.45) is 11.8 Å². The lowest BCUT2D eigenvalue weighted by molar-refractivity contribution is -0.121. The molecule has 29 heavy (non-hydrogen) atoms. The van der Waals surface area contributed by atoms with E-state index in [4.69, 9.17) is 4.74 Å². The standard InChI is InChI=1S/C23H35N3O3/c1-17-11-14-25(15-12-17)20-9-7-19(8-10-20)24-21(27)18-6-5-13-26(16-18)22(28)29-23(2,3)4/h7-10,17-18H,5-6,11-16H2,1-4H3,(H,24,27). The Bertz CT molecular complexity index is 703. The van der Waals surface area contributed by atoms with Gasteiger partial charge in [-0.3, -0.25) is 4.79 Å². The van der Waals surface area contributed by atoms with Crippen LogP contribution in [0.4, 0.5) is 16.2 Å². The molecule has 1 N–H and O–H groups in total. The molecule has 0 aromatic heterocycles. The van der Waals surface area contributed by atoms with E-state index in [1.807, 2.05) is 32.9 Å². The van der Waals surface area contributed by atoms with E-state index in [1.54, 1.807) is 4.90 Å². The minimum absolute atomic E-state index is 0.0298. The molecule has 6 nitrogen and oxygen atoms in total. The van der Waals surface area contributed by atoms with Gasteiger partial charge in [-0.2, -0.15) is 0 Å². The lowest BCUT2D eigenvalue weighted by Gasteiger charge is -2.33. The van der Waals surface area contributed by atoms with Crippen LogP contribution in [-0.2, 0) is 9.53 Å². The van der Waals surface area contributed by atoms with Crippen LogP contribution < -0.4 is 10.2 Å². The van der Waals surface area contributed by atoms with Crippen LogP contribution in [0, 0.1) is 11.8 Å². The predicted molar refractivity (Wildman–Crippen MR) is 116 cm³/mol. The summed E-state index contributed by atoms with van der Waals surface area (Å²) in [5, 5.41) is 3.02. The van der Waals surface area contributed by atoms with Crippen LogP contribution >= 0.6 is 0 Å². The number of carbonyl (C=O) groups is 2. The summed E-state index contributed by atoms with van der Waals surface area (Å²) in [6, 6.07) is 8.11. The molecule has 3 rings (SSSR count). The quantitative estimate of drug-likeness (QED) is 0.810. The molecule has 160 valence electrons. The second-order valence-corrected chi connectivity index (χ2v) is 9.47. The molecule has 0 radical (unpaired) electrons. The molecule has 0 saturated carbocycles. The third-order valence-electron chi connectivity index (χ3n) is 5.73. The van der Waals surface area contributed by atoms with Crippen LogP contribution in [-0.4, -0.2) is 48.7 Å². The first-order valence-corrected chi connectivity index (χ1v) is 10.8. The summed E-state index contributed by atoms with van der Waals surface area (Å²) in [4.78, 5) is 29.1. The summed E-state index contributed by atoms with van der Waals surface area (Å²) < 4.78 is 5.45. The average Bonchev–Trinajstić information content (AvgIpc) is 2.68. The zero-order valence-corrected chi connectivity index (χ0v) is 18.2. The van der Waals surface area contributed by atoms with E-state index in [9.17, 15) is 9.59 Å². The topological polar surface area (TPSA) is 61.9 Å². The molecular weight excluding hydrogens is 366 g/mol. The van der Waals surface area contributed by atoms with Crippen LogP contribution in [0.3, 0.4) is 0 Å². The van der Waals surface area contributed by atoms with E-state index in [-0.39, 0.29) is 17.9 Å². The maximum absolute atomic E-state index is 12.7. The van der Waals surface area contributed by atoms with Gasteiger partial charge < -0.3 is 19.9 Å². The number of carbonyl (C=O) groups excluding carboxylic acids is 2. The third-order valence-corrected chi connectivity index (χ3v) is 5.73. The number of likely N-dealkylation sites (tertiary alicyclic amines) is 1. The number of anilines is 2. The molecule has 2 saturated heterocycles. The number of amides is 2. The lowest BCUT2D eigenvalue weighted by atomic mass is 9.97. The molecule has 2 aliphatic heterocycles. The fraction of sp³-hybridized carbons (Fsp3) is 0.652. The van der Waals surface area contributed by atoms with Crippen molar-refractivity contribution in [1.82, 2.24) is 4.90 Å². The first-order chi connectivity index (χ1) is 13.7. The van der Waals surface area contributed by atoms with Crippen LogP contribution in [0.5, 0.6) is 0 Å². The number of hydrogen-bond acceptors (Lipinski definition) is 4. The lowest BCUT2D eigenvalue weighted by Crippen LogP contribution is -2.45. The van der Waals surface area contributed by atoms with Crippen molar-refractivity contribution in [1.29, 1.82) is 0 Å². The van der Waals surface area contributed by atoms with Crippen molar-refractivity contribution in [2.75, 3.05) is 36.4 Å². The van der Waals surface area contributed by atoms with Crippen LogP contribution in [0.25, 0.3) is 0 Å². The summed E-state index contributed by atoms with van der Waals surface area (Å²) in [6.07, 6.45) is 3.72. The highest BCUT2D eigenvalue weighted by Gasteiger charge is 2.31. The zero-order valence-electron chi connectivity index (χ0n) is 18.2. The van der Waals surface area contributed by atoms with E-state index in [2.05, 4.69) is 29.3 Å². The Balaban J connectivity index is 1.53. The maximum atomic E-state index is 12.7. The Morgan fingerprint density at radius 2 is 1.69 bits per heavy atom. The molecule has 2 amide bonds. The SMILES string of the molecule is CC1CCN(c2ccc(NC(=O)C3CCCN(C(=O)OC(C)(C)C)C3)cc2)CC1. The number of nitrogens with zero attached hydrogens (tertiary/aromatic N) is 2. The summed E-state index contributed by atoms with van der Waals surface area (Å²) in [6.45, 7) is 11.1. The molecule has 2 aliphatic rings. The van der Waals surface area contributed by atoms with Crippen molar-refractivity contribution in [2.45, 2.75) is 59.0 Å². The Hall–Kier alpha value is -2.24. The van der Waals surface area contributed by atoms with Gasteiger partial charge in [0, 0.05) is 37.6 Å². The van der Waals surface area contributed by atoms with Gasteiger partial charge in [0.2, 0.25) is 5.91 Å². The molecule has 0 spiro atoms. The number of benzene rings is 1. The van der Waals surface area contributed by atoms with Crippen molar-refractivity contribution < 1.29 is 14.3 Å². The van der Waals surface area contributed by atoms with Gasteiger partial charge in [0.05, 0.1) is 5.92 Å². The van der Waals surface area contributed by atoms with Crippen LogP contribution in [0.1, 0.15) is 53.4 Å². The van der Waals surface area contributed by atoms with E-state index < -0.39 is 5.60 Å². The minimum atomic E-state index is -0.527. The van der Waals surface area contributed by atoms with E-state index >= 15 is 0 Å². The Labute approximate surface area is 174 Å². The fourth-order valence-corrected chi connectivity index (χ4v) is 3.95. The monoisotopic (exact) mass is 401 g/mol. The molecule has 0 aliphatic carbocycles. The number of hydrogen-bond donors (Lipinski definition) is 1. The van der Waals surface area contributed by atoms with E-state index in [1.165, 1.54) is 18.5 Å². The predicted octanol–water partition coefficient (Wildman–Crippen LogP) is 4.51. The number of rotatable bonds is 3. The van der Waals surface area contributed by atoms with Gasteiger partial charge in [0.1, 0.15) is 5.60 Å². The van der Waals surface area contributed by atoms with Gasteiger partial charge in [-0.15, -0.1) is 0 Å². The number of nitrogens with one attached hydrogen (secondary N) is 1. The molecule has 1 aromatic carbocycles. The third kappa shape index (κ3) is 6.12. The highest BCUT2D eigenvalue weighted by atomic mass is 16.6. The summed E-state index contributed by atoms with van der Waals surface area (Å²) in [5.41, 5.74) is 1.49. The Morgan fingerprint density at radius 3 is 2.31 bits per heavy atom. The Kier molecular flexibility index (Phi) is 6.70. The largest absolute Gasteiger partial charge is 0.444 e. The van der Waals surface area contributed by atoms with Gasteiger partial charge in [0.15, 0.2) is 0 Å². The van der Waals surface area contributed by atoms with Crippen molar-refractivity contribution in [3.63, 3.8) is 0 Å². The first kappa shape index (κ1) is 21.5. The number of ether oxygens (including phenoxy) is 1. The van der Waals surface area contributed by atoms with Crippen LogP contribution in [0.2, 0.25) is 0 Å². The average molecular weight is 402 g/mol. The second-order valence-electron chi connectivity index (χ2n) is 9.47. The zero-order chi connectivity index (χ0) is 21.0. The van der Waals surface area contributed by atoms with Crippen molar-refractivity contribution in [3.8, 4) is 0 Å². The maximum Gasteiger partial charge on any atom is 0.410 e. The molecule has 1 unspecified atom stereocenters. The Morgan fingerprint density at radius 1 is 1.03 bits per heavy atom.